The van der Waals surface area contributed by atoms with Crippen LogP contribution in [0.2, 0.25) is 8.67 Å². The van der Waals surface area contributed by atoms with Crippen molar-refractivity contribution in [2.75, 3.05) is 10.0 Å². The summed E-state index contributed by atoms with van der Waals surface area (Å²) in [5.74, 6) is -1.19. The number of thiophene rings is 1. The Morgan fingerprint density at radius 1 is 1.03 bits per heavy atom. The van der Waals surface area contributed by atoms with Gasteiger partial charge in [0.2, 0.25) is 0 Å². The van der Waals surface area contributed by atoms with E-state index < -0.39 is 28.0 Å². The fraction of sp³-hybridized carbons (Fsp3) is 0.182. The second-order valence-electron chi connectivity index (χ2n) is 6.96. The van der Waals surface area contributed by atoms with E-state index in [2.05, 4.69) is 10.0 Å². The molecular formula is C22H20Cl2N2O5S2. The number of carbonyl (C=O) groups excluding carboxylic acids is 2. The molecule has 0 saturated carbocycles. The Balaban J connectivity index is 1.60. The van der Waals surface area contributed by atoms with Crippen LogP contribution in [0.1, 0.15) is 29.8 Å². The third-order valence-corrected chi connectivity index (χ3v) is 7.70. The molecule has 7 nitrogen and oxygen atoms in total. The zero-order valence-corrected chi connectivity index (χ0v) is 20.7. The van der Waals surface area contributed by atoms with Crippen molar-refractivity contribution in [1.82, 2.24) is 0 Å². The maximum atomic E-state index is 12.5. The number of aryl methyl sites for hydroxylation is 1. The van der Waals surface area contributed by atoms with E-state index in [1.54, 1.807) is 12.1 Å². The summed E-state index contributed by atoms with van der Waals surface area (Å²) in [7, 11) is -3.95. The number of hydrogen-bond donors (Lipinski definition) is 2. The molecule has 0 fully saturated rings. The quantitative estimate of drug-likeness (QED) is 0.372. The molecule has 3 aromatic rings. The normalized spacial score (nSPS) is 12.1. The first-order chi connectivity index (χ1) is 15.6. The molecule has 11 heteroatoms. The molecule has 0 saturated heterocycles. The standard InChI is InChI=1S/C22H20Cl2N2O5S2/c1-3-14-4-8-16(9-5-14)25-21(27)13(2)31-22(28)15-6-10-17(11-7-15)26-33(29,30)18-12-19(23)32-20(18)24/h4-13,26H,3H2,1-2H3,(H,25,27)/t13-/m1/s1. The van der Waals surface area contributed by atoms with Crippen molar-refractivity contribution in [2.24, 2.45) is 0 Å². The van der Waals surface area contributed by atoms with Crippen molar-refractivity contribution >= 4 is 67.8 Å². The molecule has 33 heavy (non-hydrogen) atoms. The van der Waals surface area contributed by atoms with E-state index in [1.165, 1.54) is 37.3 Å². The highest BCUT2D eigenvalue weighted by Crippen LogP contribution is 2.35. The highest BCUT2D eigenvalue weighted by atomic mass is 35.5. The molecule has 0 aliphatic heterocycles. The lowest BCUT2D eigenvalue weighted by atomic mass is 10.1. The lowest BCUT2D eigenvalue weighted by Gasteiger charge is -2.14. The molecule has 1 aromatic heterocycles. The van der Waals surface area contributed by atoms with Crippen LogP contribution in [0.25, 0.3) is 0 Å². The number of nitrogens with one attached hydrogen (secondary N) is 2. The Bertz CT molecular complexity index is 1260. The number of ether oxygens (including phenoxy) is 1. The van der Waals surface area contributed by atoms with Gasteiger partial charge >= 0.3 is 5.97 Å². The van der Waals surface area contributed by atoms with Crippen LogP contribution in [0.5, 0.6) is 0 Å². The van der Waals surface area contributed by atoms with E-state index >= 15 is 0 Å². The SMILES string of the molecule is CCc1ccc(NC(=O)[C@@H](C)OC(=O)c2ccc(NS(=O)(=O)c3cc(Cl)sc3Cl)cc2)cc1. The third-order valence-electron chi connectivity index (χ3n) is 4.57. The van der Waals surface area contributed by atoms with Crippen molar-refractivity contribution in [3.8, 4) is 0 Å². The van der Waals surface area contributed by atoms with Crippen LogP contribution in [0.3, 0.4) is 0 Å². The van der Waals surface area contributed by atoms with E-state index in [9.17, 15) is 18.0 Å². The van der Waals surface area contributed by atoms with Gasteiger partial charge in [-0.15, -0.1) is 11.3 Å². The summed E-state index contributed by atoms with van der Waals surface area (Å²) in [5, 5.41) is 2.69. The average molecular weight is 527 g/mol. The van der Waals surface area contributed by atoms with Gasteiger partial charge in [-0.2, -0.15) is 0 Å². The Labute approximate surface area is 205 Å². The molecule has 0 aliphatic rings. The first-order valence-electron chi connectivity index (χ1n) is 9.77. The van der Waals surface area contributed by atoms with Crippen LogP contribution in [-0.2, 0) is 26.0 Å². The summed E-state index contributed by atoms with van der Waals surface area (Å²) >= 11 is 12.7. The molecule has 0 spiro atoms. The van der Waals surface area contributed by atoms with Gasteiger partial charge in [0.05, 0.1) is 9.90 Å². The average Bonchev–Trinajstić information content (AvgIpc) is 3.13. The zero-order valence-electron chi connectivity index (χ0n) is 17.6. The van der Waals surface area contributed by atoms with E-state index in [0.29, 0.717) is 5.69 Å². The fourth-order valence-corrected chi connectivity index (χ4v) is 5.95. The van der Waals surface area contributed by atoms with Crippen LogP contribution in [0.4, 0.5) is 11.4 Å². The number of esters is 1. The number of anilines is 2. The van der Waals surface area contributed by atoms with E-state index in [1.807, 2.05) is 19.1 Å². The second kappa shape index (κ2) is 10.6. The summed E-state index contributed by atoms with van der Waals surface area (Å²) in [4.78, 5) is 24.6. The van der Waals surface area contributed by atoms with E-state index in [0.717, 1.165) is 23.3 Å². The second-order valence-corrected chi connectivity index (χ2v) is 10.9. The first-order valence-corrected chi connectivity index (χ1v) is 12.8. The van der Waals surface area contributed by atoms with Crippen molar-refractivity contribution in [2.45, 2.75) is 31.3 Å². The van der Waals surface area contributed by atoms with Gasteiger partial charge in [-0.25, -0.2) is 13.2 Å². The Morgan fingerprint density at radius 3 is 2.18 bits per heavy atom. The van der Waals surface area contributed by atoms with Crippen LogP contribution < -0.4 is 10.0 Å². The summed E-state index contributed by atoms with van der Waals surface area (Å²) in [6.45, 7) is 3.50. The molecule has 0 aliphatic carbocycles. The fourth-order valence-electron chi connectivity index (χ4n) is 2.74. The third kappa shape index (κ3) is 6.48. The monoisotopic (exact) mass is 526 g/mol. The smallest absolute Gasteiger partial charge is 0.338 e. The van der Waals surface area contributed by atoms with E-state index in [-0.39, 0.29) is 24.8 Å². The molecule has 2 aromatic carbocycles. The molecule has 0 bridgehead atoms. The Hall–Kier alpha value is -2.59. The van der Waals surface area contributed by atoms with Crippen molar-refractivity contribution in [3.63, 3.8) is 0 Å². The van der Waals surface area contributed by atoms with Crippen LogP contribution in [0, 0.1) is 0 Å². The molecule has 1 amide bonds. The number of hydrogen-bond acceptors (Lipinski definition) is 6. The molecule has 2 N–H and O–H groups in total. The van der Waals surface area contributed by atoms with Crippen molar-refractivity contribution < 1.29 is 22.7 Å². The van der Waals surface area contributed by atoms with Crippen LogP contribution in [0.15, 0.2) is 59.5 Å². The molecule has 3 rings (SSSR count). The van der Waals surface area contributed by atoms with Gasteiger partial charge in [0.25, 0.3) is 15.9 Å². The topological polar surface area (TPSA) is 102 Å². The highest BCUT2D eigenvalue weighted by molar-refractivity contribution is 7.93. The van der Waals surface area contributed by atoms with Crippen LogP contribution in [-0.4, -0.2) is 26.4 Å². The molecule has 174 valence electrons. The minimum Gasteiger partial charge on any atom is -0.449 e. The van der Waals surface area contributed by atoms with E-state index in [4.69, 9.17) is 27.9 Å². The van der Waals surface area contributed by atoms with Crippen molar-refractivity contribution in [3.05, 3.63) is 74.4 Å². The number of benzene rings is 2. The largest absolute Gasteiger partial charge is 0.449 e. The van der Waals surface area contributed by atoms with Gasteiger partial charge < -0.3 is 10.1 Å². The Morgan fingerprint density at radius 2 is 1.64 bits per heavy atom. The number of carbonyl (C=O) groups is 2. The summed E-state index contributed by atoms with van der Waals surface area (Å²) in [6.07, 6.45) is -0.148. The minimum absolute atomic E-state index is 0.0428. The summed E-state index contributed by atoms with van der Waals surface area (Å²) < 4.78 is 32.8. The number of sulfonamides is 1. The molecule has 1 atom stereocenters. The maximum absolute atomic E-state index is 12.5. The van der Waals surface area contributed by atoms with Gasteiger partial charge in [-0.3, -0.25) is 9.52 Å². The molecule has 1 heterocycles. The predicted octanol–water partition coefficient (Wildman–Crippen LogP) is 5.60. The number of amides is 1. The predicted molar refractivity (Wildman–Crippen MR) is 131 cm³/mol. The highest BCUT2D eigenvalue weighted by Gasteiger charge is 2.22. The van der Waals surface area contributed by atoms with Gasteiger partial charge in [0.1, 0.15) is 9.23 Å². The van der Waals surface area contributed by atoms with Crippen molar-refractivity contribution in [1.29, 1.82) is 0 Å². The van der Waals surface area contributed by atoms with Crippen LogP contribution >= 0.6 is 34.5 Å². The lowest BCUT2D eigenvalue weighted by molar-refractivity contribution is -0.123. The molecular weight excluding hydrogens is 507 g/mol. The number of rotatable bonds is 8. The van der Waals surface area contributed by atoms with Gasteiger partial charge in [0.15, 0.2) is 6.10 Å². The molecule has 0 radical (unpaired) electrons. The van der Waals surface area contributed by atoms with Gasteiger partial charge in [0, 0.05) is 11.4 Å². The van der Waals surface area contributed by atoms with Gasteiger partial charge in [-0.05, 0) is 61.4 Å². The maximum Gasteiger partial charge on any atom is 0.338 e. The minimum atomic E-state index is -3.95. The molecule has 0 unspecified atom stereocenters. The number of halogens is 2. The summed E-state index contributed by atoms with van der Waals surface area (Å²) in [5.41, 5.74) is 2.11. The first kappa shape index (κ1) is 25.0. The van der Waals surface area contributed by atoms with Gasteiger partial charge in [-0.1, -0.05) is 42.3 Å². The summed E-state index contributed by atoms with van der Waals surface area (Å²) in [6, 6.07) is 14.2. The Kier molecular flexibility index (Phi) is 8.01. The lowest BCUT2D eigenvalue weighted by Crippen LogP contribution is -2.30. The zero-order chi connectivity index (χ0) is 24.2.